The fourth-order valence-electron chi connectivity index (χ4n) is 2.41. The van der Waals surface area contributed by atoms with E-state index >= 15 is 0 Å². The number of halogens is 1. The number of rotatable bonds is 1. The van der Waals surface area contributed by atoms with Gasteiger partial charge in [-0.15, -0.1) is 0 Å². The second-order valence-corrected chi connectivity index (χ2v) is 6.59. The topological polar surface area (TPSA) is 15.3 Å². The highest BCUT2D eigenvalue weighted by Crippen LogP contribution is 2.26. The van der Waals surface area contributed by atoms with Crippen LogP contribution < -0.4 is 10.2 Å². The van der Waals surface area contributed by atoms with E-state index in [0.717, 1.165) is 24.7 Å². The summed E-state index contributed by atoms with van der Waals surface area (Å²) in [7, 11) is 0. The summed E-state index contributed by atoms with van der Waals surface area (Å²) in [4.78, 5) is 2.45. The second kappa shape index (κ2) is 5.50. The van der Waals surface area contributed by atoms with Crippen LogP contribution in [-0.4, -0.2) is 25.7 Å². The third kappa shape index (κ3) is 3.39. The first-order valence-corrected chi connectivity index (χ1v) is 7.08. The van der Waals surface area contributed by atoms with Crippen LogP contribution >= 0.6 is 11.6 Å². The molecule has 1 atom stereocenters. The smallest absolute Gasteiger partial charge is 0.0426 e. The van der Waals surface area contributed by atoms with Crippen molar-refractivity contribution in [2.45, 2.75) is 33.2 Å². The molecule has 1 fully saturated rings. The summed E-state index contributed by atoms with van der Waals surface area (Å²) in [6.45, 7) is 10.1. The summed E-state index contributed by atoms with van der Waals surface area (Å²) in [5.41, 5.74) is 1.52. The van der Waals surface area contributed by atoms with Gasteiger partial charge in [-0.2, -0.15) is 0 Å². The van der Waals surface area contributed by atoms with Crippen molar-refractivity contribution in [1.82, 2.24) is 5.32 Å². The molecule has 1 saturated heterocycles. The lowest BCUT2D eigenvalue weighted by molar-refractivity contribution is 0.280. The van der Waals surface area contributed by atoms with Crippen molar-refractivity contribution in [3.63, 3.8) is 0 Å². The van der Waals surface area contributed by atoms with Crippen LogP contribution in [0.5, 0.6) is 0 Å². The van der Waals surface area contributed by atoms with Crippen molar-refractivity contribution < 1.29 is 0 Å². The second-order valence-electron chi connectivity index (χ2n) is 6.15. The molecule has 1 aromatic rings. The van der Waals surface area contributed by atoms with E-state index in [2.05, 4.69) is 43.1 Å². The highest BCUT2D eigenvalue weighted by Gasteiger charge is 2.28. The summed E-state index contributed by atoms with van der Waals surface area (Å²) in [6, 6.07) is 8.69. The molecule has 0 radical (unpaired) electrons. The molecule has 1 heterocycles. The summed E-state index contributed by atoms with van der Waals surface area (Å²) in [5, 5.41) is 4.48. The Morgan fingerprint density at radius 3 is 2.78 bits per heavy atom. The molecule has 2 rings (SSSR count). The van der Waals surface area contributed by atoms with E-state index in [1.807, 2.05) is 12.1 Å². The van der Waals surface area contributed by atoms with Gasteiger partial charge >= 0.3 is 0 Å². The summed E-state index contributed by atoms with van der Waals surface area (Å²) < 4.78 is 0. The number of nitrogens with zero attached hydrogens (tertiary/aromatic N) is 1. The van der Waals surface area contributed by atoms with Gasteiger partial charge in [-0.1, -0.05) is 38.4 Å². The molecule has 1 aliphatic rings. The van der Waals surface area contributed by atoms with E-state index in [1.54, 1.807) is 0 Å². The van der Waals surface area contributed by atoms with Crippen molar-refractivity contribution in [3.8, 4) is 0 Å². The van der Waals surface area contributed by atoms with Crippen LogP contribution in [0.25, 0.3) is 0 Å². The van der Waals surface area contributed by atoms with Crippen LogP contribution in [0.15, 0.2) is 24.3 Å². The lowest BCUT2D eigenvalue weighted by Gasteiger charge is -2.34. The van der Waals surface area contributed by atoms with Crippen molar-refractivity contribution >= 4 is 17.3 Å². The molecular weight excluding hydrogens is 244 g/mol. The Hall–Kier alpha value is -0.730. The van der Waals surface area contributed by atoms with Gasteiger partial charge in [-0.3, -0.25) is 0 Å². The Kier molecular flexibility index (Phi) is 4.18. The fraction of sp³-hybridized carbons (Fsp3) is 0.600. The maximum atomic E-state index is 6.09. The van der Waals surface area contributed by atoms with Gasteiger partial charge in [0, 0.05) is 29.8 Å². The highest BCUT2D eigenvalue weighted by molar-refractivity contribution is 6.30. The zero-order chi connectivity index (χ0) is 13.2. The molecule has 2 nitrogen and oxygen atoms in total. The molecule has 1 unspecified atom stereocenters. The van der Waals surface area contributed by atoms with Gasteiger partial charge in [0.25, 0.3) is 0 Å². The summed E-state index contributed by atoms with van der Waals surface area (Å²) in [5.74, 6) is 0. The summed E-state index contributed by atoms with van der Waals surface area (Å²) in [6.07, 6.45) is 1.18. The Labute approximate surface area is 115 Å². The molecule has 0 saturated carbocycles. The molecule has 0 bridgehead atoms. The quantitative estimate of drug-likeness (QED) is 0.836. The minimum Gasteiger partial charge on any atom is -0.370 e. The normalized spacial score (nSPS) is 21.8. The van der Waals surface area contributed by atoms with E-state index in [0.29, 0.717) is 6.04 Å². The van der Waals surface area contributed by atoms with Gasteiger partial charge in [-0.25, -0.2) is 0 Å². The first kappa shape index (κ1) is 13.7. The molecule has 0 aliphatic carbocycles. The van der Waals surface area contributed by atoms with E-state index in [9.17, 15) is 0 Å². The molecular formula is C15H23ClN2. The van der Waals surface area contributed by atoms with Gasteiger partial charge in [-0.05, 0) is 36.6 Å². The highest BCUT2D eigenvalue weighted by atomic mass is 35.5. The predicted molar refractivity (Wildman–Crippen MR) is 79.5 cm³/mol. The Balaban J connectivity index is 2.17. The monoisotopic (exact) mass is 266 g/mol. The first-order valence-electron chi connectivity index (χ1n) is 6.71. The Morgan fingerprint density at radius 1 is 1.33 bits per heavy atom. The average molecular weight is 267 g/mol. The number of hydrogen-bond acceptors (Lipinski definition) is 2. The van der Waals surface area contributed by atoms with E-state index in [4.69, 9.17) is 11.6 Å². The van der Waals surface area contributed by atoms with Crippen LogP contribution in [-0.2, 0) is 0 Å². The van der Waals surface area contributed by atoms with Crippen molar-refractivity contribution in [3.05, 3.63) is 29.3 Å². The van der Waals surface area contributed by atoms with Gasteiger partial charge < -0.3 is 10.2 Å². The molecule has 0 amide bonds. The van der Waals surface area contributed by atoms with Gasteiger partial charge in [0.1, 0.15) is 0 Å². The maximum Gasteiger partial charge on any atom is 0.0426 e. The lowest BCUT2D eigenvalue weighted by atomic mass is 9.86. The van der Waals surface area contributed by atoms with E-state index in [-0.39, 0.29) is 5.41 Å². The lowest BCUT2D eigenvalue weighted by Crippen LogP contribution is -2.46. The van der Waals surface area contributed by atoms with E-state index in [1.165, 1.54) is 12.1 Å². The van der Waals surface area contributed by atoms with Crippen LogP contribution in [0.4, 0.5) is 5.69 Å². The van der Waals surface area contributed by atoms with Crippen LogP contribution in [0.2, 0.25) is 5.02 Å². The standard InChI is InChI=1S/C15H23ClN2/c1-15(2,3)14-11-18(9-5-8-17-14)13-7-4-6-12(16)10-13/h4,6-7,10,14,17H,5,8-9,11H2,1-3H3. The van der Waals surface area contributed by atoms with Crippen molar-refractivity contribution in [1.29, 1.82) is 0 Å². The third-order valence-electron chi connectivity index (χ3n) is 3.62. The van der Waals surface area contributed by atoms with Crippen LogP contribution in [0.3, 0.4) is 0 Å². The zero-order valence-corrected chi connectivity index (χ0v) is 12.3. The maximum absolute atomic E-state index is 6.09. The van der Waals surface area contributed by atoms with Gasteiger partial charge in [0.15, 0.2) is 0 Å². The molecule has 100 valence electrons. The van der Waals surface area contributed by atoms with Crippen LogP contribution in [0.1, 0.15) is 27.2 Å². The number of hydrogen-bond donors (Lipinski definition) is 1. The molecule has 18 heavy (non-hydrogen) atoms. The number of benzene rings is 1. The molecule has 1 aromatic carbocycles. The first-order chi connectivity index (χ1) is 8.47. The number of nitrogens with one attached hydrogen (secondary N) is 1. The largest absolute Gasteiger partial charge is 0.370 e. The van der Waals surface area contributed by atoms with Gasteiger partial charge in [0.05, 0.1) is 0 Å². The Morgan fingerprint density at radius 2 is 2.11 bits per heavy atom. The predicted octanol–water partition coefficient (Wildman–Crippen LogP) is 3.55. The zero-order valence-electron chi connectivity index (χ0n) is 11.5. The van der Waals surface area contributed by atoms with Crippen molar-refractivity contribution in [2.24, 2.45) is 5.41 Å². The molecule has 3 heteroatoms. The minimum atomic E-state index is 0.279. The van der Waals surface area contributed by atoms with Crippen molar-refractivity contribution in [2.75, 3.05) is 24.5 Å². The Bertz CT molecular complexity index is 398. The fourth-order valence-corrected chi connectivity index (χ4v) is 2.59. The SMILES string of the molecule is CC(C)(C)C1CN(c2cccc(Cl)c2)CCCN1. The van der Waals surface area contributed by atoms with E-state index < -0.39 is 0 Å². The molecule has 0 aromatic heterocycles. The average Bonchev–Trinajstić information content (AvgIpc) is 2.53. The molecule has 0 spiro atoms. The minimum absolute atomic E-state index is 0.279. The summed E-state index contributed by atoms with van der Waals surface area (Å²) >= 11 is 6.09. The van der Waals surface area contributed by atoms with Gasteiger partial charge in [0.2, 0.25) is 0 Å². The molecule has 1 aliphatic heterocycles. The third-order valence-corrected chi connectivity index (χ3v) is 3.85. The molecule has 1 N–H and O–H groups in total. The number of anilines is 1. The van der Waals surface area contributed by atoms with Crippen LogP contribution in [0, 0.1) is 5.41 Å².